The number of hydrogen-bond donors (Lipinski definition) is 0. The van der Waals surface area contributed by atoms with Gasteiger partial charge in [-0.05, 0) is 38.7 Å². The number of allylic oxidation sites excluding steroid dienone is 1. The molecule has 2 rings (SSSR count). The third-order valence-corrected chi connectivity index (χ3v) is 3.93. The number of amides is 2. The second-order valence-corrected chi connectivity index (χ2v) is 7.71. The number of imide groups is 1. The summed E-state index contributed by atoms with van der Waals surface area (Å²) in [4.78, 5) is 31.7. The molecule has 0 fully saturated rings. The fraction of sp³-hybridized carbons (Fsp3) is 0.476. The van der Waals surface area contributed by atoms with Gasteiger partial charge in [0.1, 0.15) is 11.3 Å². The Hall–Kier alpha value is -2.43. The van der Waals surface area contributed by atoms with Crippen LogP contribution < -0.4 is 0 Å². The third-order valence-electron chi connectivity index (χ3n) is 3.93. The maximum atomic E-state index is 13.0. The number of carbonyl (C=O) groups excluding carboxylic acids is 2. The lowest BCUT2D eigenvalue weighted by Gasteiger charge is -2.37. The average Bonchev–Trinajstić information content (AvgIpc) is 2.55. The summed E-state index contributed by atoms with van der Waals surface area (Å²) in [6.07, 6.45) is 1.77. The van der Waals surface area contributed by atoms with E-state index in [1.807, 2.05) is 51.1 Å². The molecule has 1 heterocycles. The molecule has 1 aliphatic rings. The van der Waals surface area contributed by atoms with Gasteiger partial charge in [0.15, 0.2) is 0 Å². The SMILES string of the molecule is CC/C=C1\N=C(c2ccccc2)[C@H](C(C)C)N(C(=O)OC(C)(C)C)C1=O. The molecule has 0 unspecified atom stereocenters. The summed E-state index contributed by atoms with van der Waals surface area (Å²) in [7, 11) is 0. The summed E-state index contributed by atoms with van der Waals surface area (Å²) in [5.41, 5.74) is 1.21. The van der Waals surface area contributed by atoms with Crippen molar-refractivity contribution in [1.82, 2.24) is 4.90 Å². The lowest BCUT2D eigenvalue weighted by molar-refractivity contribution is -0.128. The number of hydrogen-bond acceptors (Lipinski definition) is 4. The van der Waals surface area contributed by atoms with Crippen molar-refractivity contribution in [3.63, 3.8) is 0 Å². The van der Waals surface area contributed by atoms with Crippen LogP contribution >= 0.6 is 0 Å². The van der Waals surface area contributed by atoms with Gasteiger partial charge in [-0.3, -0.25) is 4.79 Å². The second kappa shape index (κ2) is 7.85. The molecule has 0 saturated heterocycles. The Labute approximate surface area is 155 Å². The lowest BCUT2D eigenvalue weighted by atomic mass is 9.90. The van der Waals surface area contributed by atoms with Gasteiger partial charge in [-0.25, -0.2) is 14.7 Å². The van der Waals surface area contributed by atoms with Crippen molar-refractivity contribution < 1.29 is 14.3 Å². The quantitative estimate of drug-likeness (QED) is 0.745. The van der Waals surface area contributed by atoms with Crippen molar-refractivity contribution in [2.75, 3.05) is 0 Å². The van der Waals surface area contributed by atoms with Crippen LogP contribution in [0.5, 0.6) is 0 Å². The van der Waals surface area contributed by atoms with Crippen LogP contribution in [0.15, 0.2) is 47.1 Å². The van der Waals surface area contributed by atoms with E-state index in [9.17, 15) is 9.59 Å². The van der Waals surface area contributed by atoms with Crippen LogP contribution in [-0.2, 0) is 9.53 Å². The zero-order chi connectivity index (χ0) is 19.5. The van der Waals surface area contributed by atoms with Gasteiger partial charge in [0.05, 0.1) is 11.8 Å². The standard InChI is InChI=1S/C21H28N2O3/c1-7-11-16-19(24)23(20(25)26-21(4,5)6)18(14(2)3)17(22-16)15-12-9-8-10-13-15/h8-14,18H,7H2,1-6H3/b16-11-/t18-/m0/s1. The van der Waals surface area contributed by atoms with E-state index < -0.39 is 23.6 Å². The molecular weight excluding hydrogens is 328 g/mol. The molecule has 0 aliphatic carbocycles. The van der Waals surface area contributed by atoms with Gasteiger partial charge in [-0.15, -0.1) is 0 Å². The summed E-state index contributed by atoms with van der Waals surface area (Å²) in [5, 5.41) is 0. The van der Waals surface area contributed by atoms with Gasteiger partial charge in [0, 0.05) is 0 Å². The number of ether oxygens (including phenoxy) is 1. The number of benzene rings is 1. The zero-order valence-electron chi connectivity index (χ0n) is 16.4. The van der Waals surface area contributed by atoms with E-state index in [1.54, 1.807) is 26.8 Å². The topological polar surface area (TPSA) is 59.0 Å². The lowest BCUT2D eigenvalue weighted by Crippen LogP contribution is -2.55. The van der Waals surface area contributed by atoms with Crippen LogP contribution in [0.1, 0.15) is 53.5 Å². The molecule has 1 aliphatic heterocycles. The van der Waals surface area contributed by atoms with Crippen molar-refractivity contribution in [2.45, 2.75) is 59.6 Å². The zero-order valence-corrected chi connectivity index (χ0v) is 16.4. The molecule has 0 bridgehead atoms. The fourth-order valence-electron chi connectivity index (χ4n) is 2.91. The van der Waals surface area contributed by atoms with Crippen LogP contribution in [0.2, 0.25) is 0 Å². The maximum Gasteiger partial charge on any atom is 0.418 e. The van der Waals surface area contributed by atoms with Crippen molar-refractivity contribution >= 4 is 17.7 Å². The highest BCUT2D eigenvalue weighted by molar-refractivity contribution is 6.16. The van der Waals surface area contributed by atoms with Gasteiger partial charge in [-0.1, -0.05) is 57.2 Å². The monoisotopic (exact) mass is 356 g/mol. The molecule has 1 aromatic rings. The summed E-state index contributed by atoms with van der Waals surface area (Å²) in [5.74, 6) is -0.409. The Morgan fingerprint density at radius 2 is 1.88 bits per heavy atom. The molecule has 1 aromatic carbocycles. The van der Waals surface area contributed by atoms with Crippen molar-refractivity contribution in [3.8, 4) is 0 Å². The number of carbonyl (C=O) groups is 2. The first-order chi connectivity index (χ1) is 12.2. The van der Waals surface area contributed by atoms with Crippen molar-refractivity contribution in [3.05, 3.63) is 47.7 Å². The Kier molecular flexibility index (Phi) is 6.01. The average molecular weight is 356 g/mol. The predicted molar refractivity (Wildman–Crippen MR) is 103 cm³/mol. The predicted octanol–water partition coefficient (Wildman–Crippen LogP) is 4.57. The number of aliphatic imine (C=N–C) groups is 1. The first kappa shape index (κ1) is 19.9. The number of nitrogens with zero attached hydrogens (tertiary/aromatic N) is 2. The Balaban J connectivity index is 2.59. The molecule has 26 heavy (non-hydrogen) atoms. The maximum absolute atomic E-state index is 13.0. The van der Waals surface area contributed by atoms with Gasteiger partial charge in [-0.2, -0.15) is 0 Å². The van der Waals surface area contributed by atoms with Gasteiger partial charge >= 0.3 is 6.09 Å². The van der Waals surface area contributed by atoms with Crippen molar-refractivity contribution in [1.29, 1.82) is 0 Å². The minimum Gasteiger partial charge on any atom is -0.443 e. The first-order valence-electron chi connectivity index (χ1n) is 9.06. The second-order valence-electron chi connectivity index (χ2n) is 7.71. The molecule has 5 nitrogen and oxygen atoms in total. The fourth-order valence-corrected chi connectivity index (χ4v) is 2.91. The van der Waals surface area contributed by atoms with Gasteiger partial charge in [0.25, 0.3) is 5.91 Å². The van der Waals surface area contributed by atoms with E-state index in [0.717, 1.165) is 5.56 Å². The van der Waals surface area contributed by atoms with Gasteiger partial charge in [0.2, 0.25) is 0 Å². The minimum atomic E-state index is -0.685. The van der Waals surface area contributed by atoms with E-state index in [2.05, 4.69) is 4.99 Å². The molecule has 2 amide bonds. The molecule has 0 aromatic heterocycles. The Bertz CT molecular complexity index is 727. The van der Waals surface area contributed by atoms with Crippen LogP contribution in [0.3, 0.4) is 0 Å². The molecule has 0 radical (unpaired) electrons. The largest absolute Gasteiger partial charge is 0.443 e. The normalized spacial score (nSPS) is 19.7. The van der Waals surface area contributed by atoms with Gasteiger partial charge < -0.3 is 4.74 Å². The highest BCUT2D eigenvalue weighted by Crippen LogP contribution is 2.28. The highest BCUT2D eigenvalue weighted by atomic mass is 16.6. The first-order valence-corrected chi connectivity index (χ1v) is 9.06. The Morgan fingerprint density at radius 3 is 2.38 bits per heavy atom. The molecular formula is C21H28N2O3. The highest BCUT2D eigenvalue weighted by Gasteiger charge is 2.42. The Morgan fingerprint density at radius 1 is 1.27 bits per heavy atom. The van der Waals surface area contributed by atoms with E-state index in [1.165, 1.54) is 4.90 Å². The molecule has 5 heteroatoms. The molecule has 140 valence electrons. The van der Waals surface area contributed by atoms with Crippen LogP contribution in [0.4, 0.5) is 4.79 Å². The molecule has 0 N–H and O–H groups in total. The third kappa shape index (κ3) is 4.40. The van der Waals surface area contributed by atoms with E-state index in [-0.39, 0.29) is 11.6 Å². The van der Waals surface area contributed by atoms with E-state index in [0.29, 0.717) is 12.1 Å². The molecule has 1 atom stereocenters. The minimum absolute atomic E-state index is 0.00592. The number of rotatable bonds is 3. The van der Waals surface area contributed by atoms with Crippen LogP contribution in [0, 0.1) is 5.92 Å². The van der Waals surface area contributed by atoms with Crippen LogP contribution in [-0.4, -0.2) is 34.3 Å². The smallest absolute Gasteiger partial charge is 0.418 e. The summed E-state index contributed by atoms with van der Waals surface area (Å²) >= 11 is 0. The summed E-state index contributed by atoms with van der Waals surface area (Å²) in [6.45, 7) is 11.3. The van der Waals surface area contributed by atoms with E-state index >= 15 is 0 Å². The van der Waals surface area contributed by atoms with Crippen LogP contribution in [0.25, 0.3) is 0 Å². The van der Waals surface area contributed by atoms with Crippen molar-refractivity contribution in [2.24, 2.45) is 10.9 Å². The molecule has 0 saturated carbocycles. The van der Waals surface area contributed by atoms with E-state index in [4.69, 9.17) is 4.74 Å². The summed E-state index contributed by atoms with van der Waals surface area (Å²) < 4.78 is 5.52. The molecule has 0 spiro atoms. The summed E-state index contributed by atoms with van der Waals surface area (Å²) in [6, 6.07) is 9.19.